The van der Waals surface area contributed by atoms with E-state index in [9.17, 15) is 5.11 Å². The molecular formula is C14H19NO3S. The van der Waals surface area contributed by atoms with Gasteiger partial charge in [-0.1, -0.05) is 6.07 Å². The van der Waals surface area contributed by atoms with Gasteiger partial charge in [-0.2, -0.15) is 0 Å². The molecule has 0 aromatic carbocycles. The number of hydrogen-bond acceptors (Lipinski definition) is 5. The van der Waals surface area contributed by atoms with Crippen LogP contribution in [0.1, 0.15) is 23.6 Å². The second-order valence-electron chi connectivity index (χ2n) is 4.39. The SMILES string of the molecule is CC(NCC(O)COCc1ccco1)c1cccs1. The van der Waals surface area contributed by atoms with Crippen LogP contribution in [0.15, 0.2) is 40.3 Å². The Balaban J connectivity index is 1.60. The summed E-state index contributed by atoms with van der Waals surface area (Å²) in [6.07, 6.45) is 1.09. The summed E-state index contributed by atoms with van der Waals surface area (Å²) < 4.78 is 10.5. The molecule has 2 rings (SSSR count). The summed E-state index contributed by atoms with van der Waals surface area (Å²) in [5, 5.41) is 15.1. The number of nitrogens with one attached hydrogen (secondary N) is 1. The van der Waals surface area contributed by atoms with Crippen molar-refractivity contribution < 1.29 is 14.3 Å². The summed E-state index contributed by atoms with van der Waals surface area (Å²) in [6, 6.07) is 8.03. The van der Waals surface area contributed by atoms with Gasteiger partial charge in [-0.15, -0.1) is 11.3 Å². The van der Waals surface area contributed by atoms with Gasteiger partial charge >= 0.3 is 0 Å². The minimum Gasteiger partial charge on any atom is -0.467 e. The summed E-state index contributed by atoms with van der Waals surface area (Å²) in [6.45, 7) is 3.29. The van der Waals surface area contributed by atoms with Gasteiger partial charge < -0.3 is 19.6 Å². The molecule has 0 aliphatic heterocycles. The first-order chi connectivity index (χ1) is 9.25. The van der Waals surface area contributed by atoms with Gasteiger partial charge in [0.2, 0.25) is 0 Å². The van der Waals surface area contributed by atoms with Crippen LogP contribution in [-0.2, 0) is 11.3 Å². The topological polar surface area (TPSA) is 54.6 Å². The fraction of sp³-hybridized carbons (Fsp3) is 0.429. The van der Waals surface area contributed by atoms with E-state index in [1.807, 2.05) is 18.2 Å². The highest BCUT2D eigenvalue weighted by Crippen LogP contribution is 2.17. The first kappa shape index (κ1) is 14.3. The Morgan fingerprint density at radius 3 is 3.00 bits per heavy atom. The van der Waals surface area contributed by atoms with Gasteiger partial charge in [0, 0.05) is 17.5 Å². The van der Waals surface area contributed by atoms with Gasteiger partial charge in [0.05, 0.1) is 19.0 Å². The van der Waals surface area contributed by atoms with Crippen molar-refractivity contribution in [1.29, 1.82) is 0 Å². The molecule has 0 bridgehead atoms. The molecule has 0 amide bonds. The molecule has 2 N–H and O–H groups in total. The Kier molecular flexibility index (Phi) is 5.60. The zero-order valence-corrected chi connectivity index (χ0v) is 11.7. The van der Waals surface area contributed by atoms with Gasteiger partial charge in [-0.3, -0.25) is 0 Å². The molecule has 0 spiro atoms. The quantitative estimate of drug-likeness (QED) is 0.781. The van der Waals surface area contributed by atoms with Gasteiger partial charge in [0.25, 0.3) is 0 Å². The van der Waals surface area contributed by atoms with Gasteiger partial charge in [0.1, 0.15) is 12.4 Å². The fourth-order valence-electron chi connectivity index (χ4n) is 1.70. The van der Waals surface area contributed by atoms with Crippen LogP contribution >= 0.6 is 11.3 Å². The van der Waals surface area contributed by atoms with Crippen LogP contribution in [0.25, 0.3) is 0 Å². The first-order valence-corrected chi connectivity index (χ1v) is 7.18. The highest BCUT2D eigenvalue weighted by atomic mass is 32.1. The van der Waals surface area contributed by atoms with Crippen molar-refractivity contribution in [2.45, 2.75) is 25.7 Å². The molecule has 5 heteroatoms. The van der Waals surface area contributed by atoms with Crippen molar-refractivity contribution in [3.8, 4) is 0 Å². The molecule has 2 atom stereocenters. The lowest BCUT2D eigenvalue weighted by molar-refractivity contribution is 0.0217. The molecule has 4 nitrogen and oxygen atoms in total. The number of furan rings is 1. The van der Waals surface area contributed by atoms with Crippen molar-refractivity contribution in [1.82, 2.24) is 5.32 Å². The Morgan fingerprint density at radius 1 is 1.42 bits per heavy atom. The third-order valence-electron chi connectivity index (χ3n) is 2.76. The minimum absolute atomic E-state index is 0.250. The predicted octanol–water partition coefficient (Wildman–Crippen LogP) is 2.57. The van der Waals surface area contributed by atoms with E-state index < -0.39 is 6.10 Å². The molecule has 104 valence electrons. The Labute approximate surface area is 117 Å². The van der Waals surface area contributed by atoms with Crippen LogP contribution in [0, 0.1) is 0 Å². The molecule has 2 heterocycles. The van der Waals surface area contributed by atoms with E-state index in [1.165, 1.54) is 4.88 Å². The van der Waals surface area contributed by atoms with E-state index in [2.05, 4.69) is 23.7 Å². The maximum atomic E-state index is 9.81. The van der Waals surface area contributed by atoms with E-state index >= 15 is 0 Å². The highest BCUT2D eigenvalue weighted by molar-refractivity contribution is 7.10. The Bertz CT molecular complexity index is 441. The number of rotatable bonds is 8. The van der Waals surface area contributed by atoms with E-state index in [-0.39, 0.29) is 6.04 Å². The fourth-order valence-corrected chi connectivity index (χ4v) is 2.46. The summed E-state index contributed by atoms with van der Waals surface area (Å²) in [5.41, 5.74) is 0. The smallest absolute Gasteiger partial charge is 0.129 e. The van der Waals surface area contributed by atoms with Crippen molar-refractivity contribution in [3.05, 3.63) is 46.5 Å². The van der Waals surface area contributed by atoms with E-state index in [1.54, 1.807) is 17.6 Å². The lowest BCUT2D eigenvalue weighted by atomic mass is 10.2. The first-order valence-electron chi connectivity index (χ1n) is 6.30. The van der Waals surface area contributed by atoms with Crippen LogP contribution in [0.4, 0.5) is 0 Å². The molecule has 0 fully saturated rings. The maximum Gasteiger partial charge on any atom is 0.129 e. The second kappa shape index (κ2) is 7.45. The van der Waals surface area contributed by atoms with Crippen LogP contribution < -0.4 is 5.32 Å². The third-order valence-corrected chi connectivity index (χ3v) is 3.82. The van der Waals surface area contributed by atoms with E-state index in [0.29, 0.717) is 19.8 Å². The van der Waals surface area contributed by atoms with Gasteiger partial charge in [-0.25, -0.2) is 0 Å². The number of ether oxygens (including phenoxy) is 1. The molecule has 0 aliphatic rings. The summed E-state index contributed by atoms with van der Waals surface area (Å²) in [7, 11) is 0. The normalized spacial score (nSPS) is 14.4. The Hall–Kier alpha value is -1.14. The molecule has 0 saturated heterocycles. The Morgan fingerprint density at radius 2 is 2.32 bits per heavy atom. The average Bonchev–Trinajstić information content (AvgIpc) is 3.08. The van der Waals surface area contributed by atoms with Crippen molar-refractivity contribution in [2.24, 2.45) is 0 Å². The monoisotopic (exact) mass is 281 g/mol. The molecule has 2 unspecified atom stereocenters. The summed E-state index contributed by atoms with van der Waals surface area (Å²) >= 11 is 1.71. The highest BCUT2D eigenvalue weighted by Gasteiger charge is 2.09. The molecule has 2 aromatic heterocycles. The standard InChI is InChI=1S/C14H19NO3S/c1-11(14-5-3-7-19-14)15-8-12(16)9-17-10-13-4-2-6-18-13/h2-7,11-12,15-16H,8-10H2,1H3. The minimum atomic E-state index is -0.516. The van der Waals surface area contributed by atoms with Crippen molar-refractivity contribution in [3.63, 3.8) is 0 Å². The lowest BCUT2D eigenvalue weighted by Gasteiger charge is -2.16. The second-order valence-corrected chi connectivity index (χ2v) is 5.37. The number of aliphatic hydroxyl groups excluding tert-OH is 1. The van der Waals surface area contributed by atoms with Crippen LogP contribution in [-0.4, -0.2) is 24.4 Å². The molecular weight excluding hydrogens is 262 g/mol. The summed E-state index contributed by atoms with van der Waals surface area (Å²) in [4.78, 5) is 1.27. The molecule has 0 saturated carbocycles. The number of aliphatic hydroxyl groups is 1. The van der Waals surface area contributed by atoms with E-state index in [0.717, 1.165) is 5.76 Å². The van der Waals surface area contributed by atoms with E-state index in [4.69, 9.17) is 9.15 Å². The number of hydrogen-bond donors (Lipinski definition) is 2. The lowest BCUT2D eigenvalue weighted by Crippen LogP contribution is -2.31. The van der Waals surface area contributed by atoms with Crippen molar-refractivity contribution >= 4 is 11.3 Å². The van der Waals surface area contributed by atoms with Crippen LogP contribution in [0.3, 0.4) is 0 Å². The zero-order chi connectivity index (χ0) is 13.5. The molecule has 2 aromatic rings. The predicted molar refractivity (Wildman–Crippen MR) is 75.1 cm³/mol. The average molecular weight is 281 g/mol. The summed E-state index contributed by atoms with van der Waals surface area (Å²) in [5.74, 6) is 0.770. The zero-order valence-electron chi connectivity index (χ0n) is 10.9. The molecule has 0 radical (unpaired) electrons. The van der Waals surface area contributed by atoms with Gasteiger partial charge in [0.15, 0.2) is 0 Å². The number of thiophene rings is 1. The molecule has 0 aliphatic carbocycles. The largest absolute Gasteiger partial charge is 0.467 e. The van der Waals surface area contributed by atoms with Crippen LogP contribution in [0.2, 0.25) is 0 Å². The molecule has 19 heavy (non-hydrogen) atoms. The van der Waals surface area contributed by atoms with Gasteiger partial charge in [-0.05, 0) is 30.5 Å². The third kappa shape index (κ3) is 4.80. The van der Waals surface area contributed by atoms with Crippen molar-refractivity contribution in [2.75, 3.05) is 13.2 Å². The maximum absolute atomic E-state index is 9.81. The van der Waals surface area contributed by atoms with Crippen LogP contribution in [0.5, 0.6) is 0 Å².